The fourth-order valence-electron chi connectivity index (χ4n) is 1.97. The fraction of sp³-hybridized carbons (Fsp3) is 0.267. The van der Waals surface area contributed by atoms with Gasteiger partial charge in [0.1, 0.15) is 11.0 Å². The van der Waals surface area contributed by atoms with E-state index in [0.717, 1.165) is 15.7 Å². The van der Waals surface area contributed by atoms with E-state index in [1.54, 1.807) is 12.1 Å². The number of carboxylic acids is 1. The molecule has 4 heteroatoms. The van der Waals surface area contributed by atoms with Gasteiger partial charge in [-0.3, -0.25) is 4.79 Å². The van der Waals surface area contributed by atoms with Crippen LogP contribution in [-0.4, -0.2) is 21.4 Å². The lowest BCUT2D eigenvalue weighted by molar-refractivity contribution is -0.137. The maximum absolute atomic E-state index is 11.3. The second-order valence-corrected chi connectivity index (χ2v) is 5.93. The molecule has 2 aromatic carbocycles. The molecule has 1 atom stereocenters. The fourth-order valence-corrected chi connectivity index (χ4v) is 3.06. The number of hydrogen-bond acceptors (Lipinski definition) is 3. The molecule has 2 rings (SSSR count). The molecule has 0 radical (unpaired) electrons. The summed E-state index contributed by atoms with van der Waals surface area (Å²) >= 11 is 1.33. The van der Waals surface area contributed by atoms with Gasteiger partial charge in [-0.1, -0.05) is 38.1 Å². The number of carboxylic acid groups (broad SMARTS) is 1. The first-order valence-electron chi connectivity index (χ1n) is 6.11. The first-order valence-corrected chi connectivity index (χ1v) is 6.99. The lowest BCUT2D eigenvalue weighted by Gasteiger charge is -2.17. The van der Waals surface area contributed by atoms with E-state index in [-0.39, 0.29) is 11.7 Å². The zero-order valence-corrected chi connectivity index (χ0v) is 11.6. The van der Waals surface area contributed by atoms with Gasteiger partial charge in [-0.25, -0.2) is 0 Å². The molecule has 0 saturated carbocycles. The molecule has 0 aromatic heterocycles. The highest BCUT2D eigenvalue weighted by Gasteiger charge is 2.23. The van der Waals surface area contributed by atoms with Gasteiger partial charge in [0.05, 0.1) is 0 Å². The summed E-state index contributed by atoms with van der Waals surface area (Å²) in [7, 11) is 0. The van der Waals surface area contributed by atoms with Crippen molar-refractivity contribution in [1.29, 1.82) is 0 Å². The first kappa shape index (κ1) is 13.7. The molecular weight excluding hydrogens is 260 g/mol. The van der Waals surface area contributed by atoms with Gasteiger partial charge in [0.2, 0.25) is 0 Å². The standard InChI is InChI=1S/C15H16O3S/c1-9(2)14(15(17)18)19-13-8-7-12(16)10-5-3-4-6-11(10)13/h3-9,14,16H,1-2H3,(H,17,18). The first-order chi connectivity index (χ1) is 9.00. The number of phenolic OH excluding ortho intramolecular Hbond substituents is 1. The SMILES string of the molecule is CC(C)C(Sc1ccc(O)c2ccccc12)C(=O)O. The normalized spacial score (nSPS) is 12.8. The molecule has 0 aliphatic heterocycles. The van der Waals surface area contributed by atoms with Crippen LogP contribution in [0, 0.1) is 5.92 Å². The molecule has 0 saturated heterocycles. The highest BCUT2D eigenvalue weighted by atomic mass is 32.2. The van der Waals surface area contributed by atoms with Crippen molar-refractivity contribution in [3.05, 3.63) is 36.4 Å². The summed E-state index contributed by atoms with van der Waals surface area (Å²) in [5, 5.41) is 20.2. The smallest absolute Gasteiger partial charge is 0.317 e. The van der Waals surface area contributed by atoms with Crippen molar-refractivity contribution < 1.29 is 15.0 Å². The minimum Gasteiger partial charge on any atom is -0.507 e. The second-order valence-electron chi connectivity index (χ2n) is 4.75. The Morgan fingerprint density at radius 3 is 2.32 bits per heavy atom. The van der Waals surface area contributed by atoms with Crippen LogP contribution in [0.5, 0.6) is 5.75 Å². The zero-order valence-electron chi connectivity index (χ0n) is 10.8. The summed E-state index contributed by atoms with van der Waals surface area (Å²) in [5.74, 6) is -0.552. The van der Waals surface area contributed by atoms with E-state index >= 15 is 0 Å². The van der Waals surface area contributed by atoms with Gasteiger partial charge in [0.15, 0.2) is 0 Å². The molecule has 0 bridgehead atoms. The van der Waals surface area contributed by atoms with Crippen molar-refractivity contribution in [2.45, 2.75) is 24.0 Å². The Balaban J connectivity index is 2.46. The Morgan fingerprint density at radius 1 is 1.11 bits per heavy atom. The van der Waals surface area contributed by atoms with Crippen LogP contribution in [-0.2, 0) is 4.79 Å². The van der Waals surface area contributed by atoms with E-state index < -0.39 is 11.2 Å². The maximum Gasteiger partial charge on any atom is 0.317 e. The maximum atomic E-state index is 11.3. The summed E-state index contributed by atoms with van der Waals surface area (Å²) in [4.78, 5) is 12.2. The van der Waals surface area contributed by atoms with Gasteiger partial charge in [0, 0.05) is 10.3 Å². The van der Waals surface area contributed by atoms with Crippen LogP contribution in [0.4, 0.5) is 0 Å². The predicted molar refractivity (Wildman–Crippen MR) is 77.7 cm³/mol. The molecule has 100 valence electrons. The number of thioether (sulfide) groups is 1. The topological polar surface area (TPSA) is 57.5 Å². The average Bonchev–Trinajstić information content (AvgIpc) is 2.37. The number of fused-ring (bicyclic) bond motifs is 1. The summed E-state index contributed by atoms with van der Waals surface area (Å²) < 4.78 is 0. The van der Waals surface area contributed by atoms with Crippen LogP contribution in [0.1, 0.15) is 13.8 Å². The van der Waals surface area contributed by atoms with Gasteiger partial charge >= 0.3 is 5.97 Å². The molecule has 19 heavy (non-hydrogen) atoms. The molecule has 1 unspecified atom stereocenters. The van der Waals surface area contributed by atoms with Crippen LogP contribution in [0.25, 0.3) is 10.8 Å². The molecule has 2 N–H and O–H groups in total. The minimum atomic E-state index is -0.808. The Kier molecular flexibility index (Phi) is 4.00. The largest absolute Gasteiger partial charge is 0.507 e. The molecule has 2 aromatic rings. The Hall–Kier alpha value is -1.68. The van der Waals surface area contributed by atoms with Gasteiger partial charge in [0.25, 0.3) is 0 Å². The third-order valence-electron chi connectivity index (χ3n) is 2.96. The van der Waals surface area contributed by atoms with Crippen LogP contribution in [0.3, 0.4) is 0 Å². The summed E-state index contributed by atoms with van der Waals surface area (Å²) in [6.45, 7) is 3.79. The molecular formula is C15H16O3S. The number of benzene rings is 2. The molecule has 0 fully saturated rings. The van der Waals surface area contributed by atoms with Gasteiger partial charge < -0.3 is 10.2 Å². The average molecular weight is 276 g/mol. The van der Waals surface area contributed by atoms with E-state index in [0.29, 0.717) is 0 Å². The quantitative estimate of drug-likeness (QED) is 0.835. The lowest BCUT2D eigenvalue weighted by atomic mass is 10.1. The van der Waals surface area contributed by atoms with Gasteiger partial charge in [-0.2, -0.15) is 0 Å². The van der Waals surface area contributed by atoms with Gasteiger partial charge in [-0.05, 0) is 23.4 Å². The second kappa shape index (κ2) is 5.53. The van der Waals surface area contributed by atoms with E-state index in [4.69, 9.17) is 0 Å². The molecule has 0 aliphatic rings. The number of rotatable bonds is 4. The van der Waals surface area contributed by atoms with Crippen molar-refractivity contribution in [2.24, 2.45) is 5.92 Å². The summed E-state index contributed by atoms with van der Waals surface area (Å²) in [6, 6.07) is 10.9. The van der Waals surface area contributed by atoms with E-state index in [1.807, 2.05) is 38.1 Å². The van der Waals surface area contributed by atoms with Crippen molar-refractivity contribution in [1.82, 2.24) is 0 Å². The Bertz CT molecular complexity index is 607. The predicted octanol–water partition coefficient (Wildman–Crippen LogP) is 3.75. The van der Waals surface area contributed by atoms with Crippen molar-refractivity contribution in [3.8, 4) is 5.75 Å². The van der Waals surface area contributed by atoms with Gasteiger partial charge in [-0.15, -0.1) is 11.8 Å². The number of aliphatic carboxylic acids is 1. The Labute approximate surface area is 116 Å². The molecule has 3 nitrogen and oxygen atoms in total. The zero-order chi connectivity index (χ0) is 14.0. The lowest BCUT2D eigenvalue weighted by Crippen LogP contribution is -2.22. The highest BCUT2D eigenvalue weighted by molar-refractivity contribution is 8.00. The number of carbonyl (C=O) groups is 1. The molecule has 0 heterocycles. The van der Waals surface area contributed by atoms with Crippen molar-refractivity contribution in [3.63, 3.8) is 0 Å². The van der Waals surface area contributed by atoms with Crippen LogP contribution < -0.4 is 0 Å². The number of hydrogen-bond donors (Lipinski definition) is 2. The van der Waals surface area contributed by atoms with E-state index in [1.165, 1.54) is 11.8 Å². The third-order valence-corrected chi connectivity index (χ3v) is 4.57. The molecule has 0 spiro atoms. The minimum absolute atomic E-state index is 0.0371. The third kappa shape index (κ3) is 2.84. The van der Waals surface area contributed by atoms with Crippen molar-refractivity contribution in [2.75, 3.05) is 0 Å². The summed E-state index contributed by atoms with van der Waals surface area (Å²) in [6.07, 6.45) is 0. The Morgan fingerprint density at radius 2 is 1.74 bits per heavy atom. The monoisotopic (exact) mass is 276 g/mol. The highest BCUT2D eigenvalue weighted by Crippen LogP contribution is 2.37. The van der Waals surface area contributed by atoms with E-state index in [9.17, 15) is 15.0 Å². The summed E-state index contributed by atoms with van der Waals surface area (Å²) in [5.41, 5.74) is 0. The number of aromatic hydroxyl groups is 1. The number of phenols is 1. The van der Waals surface area contributed by atoms with Crippen LogP contribution in [0.15, 0.2) is 41.3 Å². The van der Waals surface area contributed by atoms with Crippen LogP contribution >= 0.6 is 11.8 Å². The molecule has 0 amide bonds. The van der Waals surface area contributed by atoms with Crippen molar-refractivity contribution >= 4 is 28.5 Å². The van der Waals surface area contributed by atoms with Crippen LogP contribution in [0.2, 0.25) is 0 Å². The molecule has 0 aliphatic carbocycles. The van der Waals surface area contributed by atoms with E-state index in [2.05, 4.69) is 0 Å².